The third-order valence-corrected chi connectivity index (χ3v) is 2.21. The Kier molecular flexibility index (Phi) is 3.47. The van der Waals surface area contributed by atoms with Gasteiger partial charge in [0.05, 0.1) is 17.2 Å². The largest absolute Gasteiger partial charge is 0.433 e. The van der Waals surface area contributed by atoms with Gasteiger partial charge in [-0.15, -0.1) is 5.10 Å². The number of benzene rings is 1. The first kappa shape index (κ1) is 13.3. The molecule has 1 aromatic heterocycles. The van der Waals surface area contributed by atoms with Crippen LogP contribution in [0.25, 0.3) is 0 Å². The topological polar surface area (TPSA) is 102 Å². The highest BCUT2D eigenvalue weighted by molar-refractivity contribution is 5.43. The van der Waals surface area contributed by atoms with E-state index in [9.17, 15) is 18.9 Å². The van der Waals surface area contributed by atoms with Gasteiger partial charge in [-0.25, -0.2) is 4.39 Å². The monoisotopic (exact) mass is 278 g/mol. The van der Waals surface area contributed by atoms with Gasteiger partial charge in [0.15, 0.2) is 11.6 Å². The van der Waals surface area contributed by atoms with Crippen LogP contribution in [0.2, 0.25) is 0 Å². The third-order valence-electron chi connectivity index (χ3n) is 2.21. The van der Waals surface area contributed by atoms with Crippen LogP contribution in [-0.4, -0.2) is 15.1 Å². The molecule has 1 heterocycles. The first-order chi connectivity index (χ1) is 9.52. The Balaban J connectivity index is 2.43. The summed E-state index contributed by atoms with van der Waals surface area (Å²) in [5.74, 6) is -3.39. The zero-order valence-electron chi connectivity index (χ0n) is 9.58. The molecule has 0 aliphatic heterocycles. The van der Waals surface area contributed by atoms with Crippen molar-refractivity contribution in [3.05, 3.63) is 51.7 Å². The quantitative estimate of drug-likeness (QED) is 0.630. The Labute approximate surface area is 110 Å². The number of nitriles is 1. The Morgan fingerprint density at radius 3 is 2.75 bits per heavy atom. The Hall–Kier alpha value is -3.15. The van der Waals surface area contributed by atoms with E-state index in [1.807, 2.05) is 0 Å². The van der Waals surface area contributed by atoms with Gasteiger partial charge in [0.2, 0.25) is 5.82 Å². The fraction of sp³-hybridized carbons (Fsp3) is 0. The van der Waals surface area contributed by atoms with Crippen molar-refractivity contribution in [1.29, 1.82) is 5.26 Å². The van der Waals surface area contributed by atoms with Crippen molar-refractivity contribution in [1.82, 2.24) is 10.2 Å². The first-order valence-electron chi connectivity index (χ1n) is 5.06. The summed E-state index contributed by atoms with van der Waals surface area (Å²) in [6.45, 7) is 0. The molecule has 2 rings (SSSR count). The van der Waals surface area contributed by atoms with Crippen LogP contribution >= 0.6 is 0 Å². The summed E-state index contributed by atoms with van der Waals surface area (Å²) in [6.07, 6.45) is 1.22. The van der Waals surface area contributed by atoms with Crippen LogP contribution in [0, 0.1) is 33.1 Å². The molecule has 0 unspecified atom stereocenters. The van der Waals surface area contributed by atoms with E-state index in [0.717, 1.165) is 0 Å². The predicted octanol–water partition coefficient (Wildman–Crippen LogP) is 2.33. The fourth-order valence-corrected chi connectivity index (χ4v) is 1.32. The summed E-state index contributed by atoms with van der Waals surface area (Å²) in [6, 6.07) is 3.88. The average molecular weight is 278 g/mol. The van der Waals surface area contributed by atoms with Gasteiger partial charge >= 0.3 is 5.69 Å². The summed E-state index contributed by atoms with van der Waals surface area (Å²) in [4.78, 5) is 9.37. The lowest BCUT2D eigenvalue weighted by Crippen LogP contribution is -1.99. The molecule has 9 heteroatoms. The molecule has 0 fully saturated rings. The van der Waals surface area contributed by atoms with E-state index >= 15 is 0 Å². The maximum absolute atomic E-state index is 13.6. The van der Waals surface area contributed by atoms with Crippen molar-refractivity contribution in [2.75, 3.05) is 0 Å². The van der Waals surface area contributed by atoms with E-state index in [2.05, 4.69) is 10.2 Å². The molecule has 0 amide bonds. The predicted molar refractivity (Wildman–Crippen MR) is 59.8 cm³/mol. The van der Waals surface area contributed by atoms with Crippen molar-refractivity contribution >= 4 is 5.69 Å². The number of nitro benzene ring substituents is 1. The maximum atomic E-state index is 13.6. The molecule has 0 atom stereocenters. The number of halogens is 2. The minimum absolute atomic E-state index is 0.0434. The van der Waals surface area contributed by atoms with Crippen LogP contribution in [0.5, 0.6) is 11.6 Å². The summed E-state index contributed by atoms with van der Waals surface area (Å²) in [5, 5.41) is 26.1. The van der Waals surface area contributed by atoms with Gasteiger partial charge in [0, 0.05) is 6.07 Å². The normalized spacial score (nSPS) is 9.85. The van der Waals surface area contributed by atoms with Crippen LogP contribution in [0.4, 0.5) is 14.5 Å². The molecule has 100 valence electrons. The minimum Gasteiger partial charge on any atom is -0.433 e. The molecule has 7 nitrogen and oxygen atoms in total. The molecule has 2 aromatic rings. The van der Waals surface area contributed by atoms with Crippen molar-refractivity contribution < 1.29 is 18.4 Å². The standard InChI is InChI=1S/C11H4F2N4O3/c12-7-4-10(8(13)3-9(7)17(18)19)20-11-6(5-14)1-2-15-16-11/h1-4H. The molecule has 0 bridgehead atoms. The van der Waals surface area contributed by atoms with Gasteiger partial charge in [-0.1, -0.05) is 0 Å². The number of nitro groups is 1. The SMILES string of the molecule is N#Cc1ccnnc1Oc1cc(F)c([N+](=O)[O-])cc1F. The Morgan fingerprint density at radius 2 is 2.10 bits per heavy atom. The van der Waals surface area contributed by atoms with E-state index in [-0.39, 0.29) is 11.4 Å². The Bertz CT molecular complexity index is 730. The number of nitrogens with zero attached hydrogens (tertiary/aromatic N) is 4. The smallest absolute Gasteiger partial charge is 0.307 e. The van der Waals surface area contributed by atoms with Crippen molar-refractivity contribution in [3.63, 3.8) is 0 Å². The van der Waals surface area contributed by atoms with Crippen LogP contribution in [-0.2, 0) is 0 Å². The maximum Gasteiger partial charge on any atom is 0.307 e. The summed E-state index contributed by atoms with van der Waals surface area (Å²) in [5.41, 5.74) is -1.06. The highest BCUT2D eigenvalue weighted by Crippen LogP contribution is 2.30. The molecule has 0 saturated carbocycles. The van der Waals surface area contributed by atoms with Gasteiger partial charge < -0.3 is 4.74 Å². The van der Waals surface area contributed by atoms with Crippen LogP contribution < -0.4 is 4.74 Å². The number of hydrogen-bond acceptors (Lipinski definition) is 6. The highest BCUT2D eigenvalue weighted by atomic mass is 19.1. The van der Waals surface area contributed by atoms with E-state index in [0.29, 0.717) is 12.1 Å². The van der Waals surface area contributed by atoms with E-state index in [1.165, 1.54) is 12.3 Å². The van der Waals surface area contributed by atoms with Gasteiger partial charge in [0.25, 0.3) is 5.88 Å². The second-order valence-electron chi connectivity index (χ2n) is 3.46. The van der Waals surface area contributed by atoms with E-state index < -0.39 is 28.0 Å². The van der Waals surface area contributed by atoms with E-state index in [1.54, 1.807) is 6.07 Å². The molecule has 0 aliphatic rings. The zero-order chi connectivity index (χ0) is 14.7. The lowest BCUT2D eigenvalue weighted by molar-refractivity contribution is -0.387. The lowest BCUT2D eigenvalue weighted by atomic mass is 10.2. The molecule has 0 N–H and O–H groups in total. The third kappa shape index (κ3) is 2.49. The van der Waals surface area contributed by atoms with Gasteiger partial charge in [-0.05, 0) is 6.07 Å². The average Bonchev–Trinajstić information content (AvgIpc) is 2.42. The van der Waals surface area contributed by atoms with Crippen LogP contribution in [0.3, 0.4) is 0 Å². The Morgan fingerprint density at radius 1 is 1.35 bits per heavy atom. The zero-order valence-corrected chi connectivity index (χ0v) is 9.58. The lowest BCUT2D eigenvalue weighted by Gasteiger charge is -2.06. The van der Waals surface area contributed by atoms with Gasteiger partial charge in [-0.3, -0.25) is 10.1 Å². The summed E-state index contributed by atoms with van der Waals surface area (Å²) < 4.78 is 31.9. The van der Waals surface area contributed by atoms with E-state index in [4.69, 9.17) is 10.00 Å². The molecule has 1 aromatic carbocycles. The van der Waals surface area contributed by atoms with Crippen molar-refractivity contribution in [2.45, 2.75) is 0 Å². The molecule has 0 spiro atoms. The number of ether oxygens (including phenoxy) is 1. The molecule has 0 aliphatic carbocycles. The molecule has 20 heavy (non-hydrogen) atoms. The highest BCUT2D eigenvalue weighted by Gasteiger charge is 2.20. The first-order valence-corrected chi connectivity index (χ1v) is 5.06. The second kappa shape index (κ2) is 5.23. The summed E-state index contributed by atoms with van der Waals surface area (Å²) in [7, 11) is 0. The van der Waals surface area contributed by atoms with Crippen LogP contribution in [0.1, 0.15) is 5.56 Å². The number of rotatable bonds is 3. The molecular formula is C11H4F2N4O3. The fourth-order valence-electron chi connectivity index (χ4n) is 1.32. The van der Waals surface area contributed by atoms with Crippen LogP contribution in [0.15, 0.2) is 24.4 Å². The molecule has 0 radical (unpaired) electrons. The minimum atomic E-state index is -1.27. The second-order valence-corrected chi connectivity index (χ2v) is 3.46. The number of hydrogen-bond donors (Lipinski definition) is 0. The molecule has 0 saturated heterocycles. The summed E-state index contributed by atoms with van der Waals surface area (Å²) >= 11 is 0. The van der Waals surface area contributed by atoms with Crippen molar-refractivity contribution in [2.24, 2.45) is 0 Å². The molecular weight excluding hydrogens is 274 g/mol. The van der Waals surface area contributed by atoms with Crippen molar-refractivity contribution in [3.8, 4) is 17.7 Å². The van der Waals surface area contributed by atoms with Gasteiger partial charge in [0.1, 0.15) is 11.6 Å². The number of aromatic nitrogens is 2. The van der Waals surface area contributed by atoms with Gasteiger partial charge in [-0.2, -0.15) is 14.8 Å².